The van der Waals surface area contributed by atoms with Gasteiger partial charge < -0.3 is 10.4 Å². The molecule has 2 aromatic heterocycles. The first-order valence-corrected chi connectivity index (χ1v) is 6.29. The molecule has 90 valence electrons. The molecule has 0 saturated carbocycles. The molecule has 2 rings (SSSR count). The van der Waals surface area contributed by atoms with Crippen LogP contribution in [0.15, 0.2) is 17.6 Å². The quantitative estimate of drug-likeness (QED) is 0.872. The van der Waals surface area contributed by atoms with Gasteiger partial charge in [0, 0.05) is 17.3 Å². The second-order valence-electron chi connectivity index (χ2n) is 3.80. The first-order chi connectivity index (χ1) is 8.20. The summed E-state index contributed by atoms with van der Waals surface area (Å²) in [6.45, 7) is 4.61. The molecule has 0 bridgehead atoms. The van der Waals surface area contributed by atoms with Gasteiger partial charge in [-0.25, -0.2) is 4.98 Å². The minimum atomic E-state index is -0.0306. The zero-order valence-corrected chi connectivity index (χ0v) is 10.7. The van der Waals surface area contributed by atoms with E-state index in [1.807, 2.05) is 25.3 Å². The fourth-order valence-corrected chi connectivity index (χ4v) is 2.22. The van der Waals surface area contributed by atoms with Crippen LogP contribution < -0.4 is 5.32 Å². The van der Waals surface area contributed by atoms with Gasteiger partial charge in [-0.05, 0) is 25.5 Å². The van der Waals surface area contributed by atoms with Crippen LogP contribution in [0.1, 0.15) is 22.0 Å². The topological polar surface area (TPSA) is 58.0 Å². The highest BCUT2D eigenvalue weighted by Crippen LogP contribution is 2.18. The summed E-state index contributed by atoms with van der Waals surface area (Å²) in [6.07, 6.45) is 1.70. The van der Waals surface area contributed by atoms with Crippen LogP contribution in [-0.4, -0.2) is 15.1 Å². The molecule has 2 aromatic rings. The van der Waals surface area contributed by atoms with Crippen LogP contribution in [-0.2, 0) is 13.2 Å². The van der Waals surface area contributed by atoms with Gasteiger partial charge in [0.15, 0.2) is 0 Å². The number of nitrogens with one attached hydrogen (secondary N) is 1. The number of rotatable bonds is 4. The largest absolute Gasteiger partial charge is 0.390 e. The predicted molar refractivity (Wildman–Crippen MR) is 69.1 cm³/mol. The van der Waals surface area contributed by atoms with E-state index < -0.39 is 0 Å². The monoisotopic (exact) mass is 249 g/mol. The van der Waals surface area contributed by atoms with Crippen LogP contribution in [0.3, 0.4) is 0 Å². The zero-order chi connectivity index (χ0) is 12.3. The molecule has 0 saturated heterocycles. The molecule has 0 aliphatic heterocycles. The van der Waals surface area contributed by atoms with Gasteiger partial charge in [-0.3, -0.25) is 4.98 Å². The van der Waals surface area contributed by atoms with Crippen molar-refractivity contribution in [1.29, 1.82) is 0 Å². The fraction of sp³-hybridized carbons (Fsp3) is 0.333. The van der Waals surface area contributed by atoms with Crippen LogP contribution in [0.2, 0.25) is 0 Å². The number of nitrogens with zero attached hydrogens (tertiary/aromatic N) is 2. The van der Waals surface area contributed by atoms with Crippen molar-refractivity contribution in [2.24, 2.45) is 0 Å². The number of hydrogen-bond donors (Lipinski definition) is 2. The standard InChI is InChI=1S/C12H15N3OS/c1-8-11(3-4-13-12(8)6-16)14-5-10-7-17-9(2)15-10/h3-4,7,16H,5-6H2,1-2H3,(H,13,14). The second kappa shape index (κ2) is 5.25. The molecule has 0 aliphatic carbocycles. The SMILES string of the molecule is Cc1nc(CNc2ccnc(CO)c2C)cs1. The van der Waals surface area contributed by atoms with Crippen molar-refractivity contribution in [2.45, 2.75) is 27.0 Å². The summed E-state index contributed by atoms with van der Waals surface area (Å²) < 4.78 is 0. The zero-order valence-electron chi connectivity index (χ0n) is 9.90. The van der Waals surface area contributed by atoms with Crippen LogP contribution in [0.5, 0.6) is 0 Å². The maximum absolute atomic E-state index is 9.13. The minimum absolute atomic E-state index is 0.0306. The molecule has 0 amide bonds. The first kappa shape index (κ1) is 12.0. The molecule has 0 spiro atoms. The predicted octanol–water partition coefficient (Wildman–Crippen LogP) is 2.26. The van der Waals surface area contributed by atoms with Gasteiger partial charge in [0.25, 0.3) is 0 Å². The molecule has 17 heavy (non-hydrogen) atoms. The Labute approximate surface area is 104 Å². The number of pyridine rings is 1. The van der Waals surface area contributed by atoms with E-state index in [1.165, 1.54) is 0 Å². The molecule has 0 unspecified atom stereocenters. The maximum atomic E-state index is 9.13. The normalized spacial score (nSPS) is 10.5. The lowest BCUT2D eigenvalue weighted by Crippen LogP contribution is -2.04. The average molecular weight is 249 g/mol. The van der Waals surface area contributed by atoms with E-state index in [1.54, 1.807) is 17.5 Å². The van der Waals surface area contributed by atoms with Crippen LogP contribution in [0.25, 0.3) is 0 Å². The smallest absolute Gasteiger partial charge is 0.0898 e. The van der Waals surface area contributed by atoms with Crippen molar-refractivity contribution in [2.75, 3.05) is 5.32 Å². The van der Waals surface area contributed by atoms with E-state index in [0.29, 0.717) is 12.2 Å². The van der Waals surface area contributed by atoms with Crippen molar-refractivity contribution in [1.82, 2.24) is 9.97 Å². The highest BCUT2D eigenvalue weighted by atomic mass is 32.1. The third-order valence-electron chi connectivity index (χ3n) is 2.58. The van der Waals surface area contributed by atoms with Gasteiger partial charge in [0.1, 0.15) is 0 Å². The van der Waals surface area contributed by atoms with Gasteiger partial charge in [-0.1, -0.05) is 0 Å². The van der Waals surface area contributed by atoms with Crippen molar-refractivity contribution < 1.29 is 5.11 Å². The number of anilines is 1. The molecule has 0 atom stereocenters. The summed E-state index contributed by atoms with van der Waals surface area (Å²) in [4.78, 5) is 8.50. The van der Waals surface area contributed by atoms with Gasteiger partial charge in [-0.2, -0.15) is 0 Å². The lowest BCUT2D eigenvalue weighted by Gasteiger charge is -2.10. The number of hydrogen-bond acceptors (Lipinski definition) is 5. The van der Waals surface area contributed by atoms with Crippen LogP contribution >= 0.6 is 11.3 Å². The Hall–Kier alpha value is -1.46. The Balaban J connectivity index is 2.09. The third-order valence-corrected chi connectivity index (χ3v) is 3.41. The summed E-state index contributed by atoms with van der Waals surface area (Å²) in [5.74, 6) is 0. The van der Waals surface area contributed by atoms with Crippen LogP contribution in [0, 0.1) is 13.8 Å². The molecule has 0 radical (unpaired) electrons. The summed E-state index contributed by atoms with van der Waals surface area (Å²) in [5.41, 5.74) is 3.73. The number of aromatic nitrogens is 2. The molecule has 0 aliphatic rings. The highest BCUT2D eigenvalue weighted by Gasteiger charge is 2.05. The highest BCUT2D eigenvalue weighted by molar-refractivity contribution is 7.09. The molecule has 2 heterocycles. The average Bonchev–Trinajstić information content (AvgIpc) is 2.74. The van der Waals surface area contributed by atoms with Gasteiger partial charge >= 0.3 is 0 Å². The Bertz CT molecular complexity index is 510. The second-order valence-corrected chi connectivity index (χ2v) is 4.86. The molecule has 5 heteroatoms. The van der Waals surface area contributed by atoms with Gasteiger partial charge in [0.05, 0.1) is 29.5 Å². The Morgan fingerprint density at radius 1 is 1.41 bits per heavy atom. The van der Waals surface area contributed by atoms with E-state index in [2.05, 4.69) is 15.3 Å². The lowest BCUT2D eigenvalue weighted by molar-refractivity contribution is 0.276. The fourth-order valence-electron chi connectivity index (χ4n) is 1.61. The molecule has 0 aromatic carbocycles. The van der Waals surface area contributed by atoms with Crippen molar-refractivity contribution in [3.63, 3.8) is 0 Å². The molecule has 2 N–H and O–H groups in total. The van der Waals surface area contributed by atoms with Crippen molar-refractivity contribution in [3.8, 4) is 0 Å². The lowest BCUT2D eigenvalue weighted by atomic mass is 10.2. The van der Waals surface area contributed by atoms with E-state index in [0.717, 1.165) is 22.0 Å². The third kappa shape index (κ3) is 2.81. The summed E-state index contributed by atoms with van der Waals surface area (Å²) in [6, 6.07) is 1.91. The number of aliphatic hydroxyl groups excluding tert-OH is 1. The number of thiazole rings is 1. The van der Waals surface area contributed by atoms with Gasteiger partial charge in [0.2, 0.25) is 0 Å². The van der Waals surface area contributed by atoms with Crippen molar-refractivity contribution >= 4 is 17.0 Å². The first-order valence-electron chi connectivity index (χ1n) is 5.41. The van der Waals surface area contributed by atoms with Gasteiger partial charge in [-0.15, -0.1) is 11.3 Å². The van der Waals surface area contributed by atoms with E-state index in [9.17, 15) is 0 Å². The molecule has 0 fully saturated rings. The summed E-state index contributed by atoms with van der Waals surface area (Å²) in [7, 11) is 0. The number of aryl methyl sites for hydroxylation is 1. The van der Waals surface area contributed by atoms with E-state index in [-0.39, 0.29) is 6.61 Å². The summed E-state index contributed by atoms with van der Waals surface area (Å²) in [5, 5.41) is 15.6. The van der Waals surface area contributed by atoms with E-state index in [4.69, 9.17) is 5.11 Å². The van der Waals surface area contributed by atoms with Crippen LogP contribution in [0.4, 0.5) is 5.69 Å². The Morgan fingerprint density at radius 3 is 2.88 bits per heavy atom. The Morgan fingerprint density at radius 2 is 2.24 bits per heavy atom. The summed E-state index contributed by atoms with van der Waals surface area (Å²) >= 11 is 1.65. The molecular formula is C12H15N3OS. The molecular weight excluding hydrogens is 234 g/mol. The Kier molecular flexibility index (Phi) is 3.71. The molecule has 4 nitrogen and oxygen atoms in total. The maximum Gasteiger partial charge on any atom is 0.0898 e. The number of aliphatic hydroxyl groups is 1. The van der Waals surface area contributed by atoms with E-state index >= 15 is 0 Å². The minimum Gasteiger partial charge on any atom is -0.390 e. The van der Waals surface area contributed by atoms with Crippen molar-refractivity contribution in [3.05, 3.63) is 39.6 Å².